The van der Waals surface area contributed by atoms with Gasteiger partial charge >= 0.3 is 5.97 Å². The molecule has 1 rings (SSSR count). The highest BCUT2D eigenvalue weighted by Crippen LogP contribution is 2.39. The van der Waals surface area contributed by atoms with Crippen LogP contribution in [0, 0.1) is 0 Å². The maximum atomic E-state index is 11.9. The zero-order chi connectivity index (χ0) is 14.6. The summed E-state index contributed by atoms with van der Waals surface area (Å²) >= 11 is 23.2. The summed E-state index contributed by atoms with van der Waals surface area (Å²) in [4.78, 5) is 11.9. The molecule has 0 saturated heterocycles. The van der Waals surface area contributed by atoms with Gasteiger partial charge in [0.25, 0.3) is 0 Å². The van der Waals surface area contributed by atoms with Gasteiger partial charge in [0.05, 0.1) is 15.1 Å². The van der Waals surface area contributed by atoms with E-state index >= 15 is 0 Å². The second-order valence-corrected chi connectivity index (χ2v) is 5.51. The molecule has 1 atom stereocenters. The molecule has 1 N–H and O–H groups in total. The van der Waals surface area contributed by atoms with E-state index in [1.54, 1.807) is 0 Å². The van der Waals surface area contributed by atoms with Gasteiger partial charge in [-0.15, -0.1) is 0 Å². The maximum absolute atomic E-state index is 11.9. The molecule has 0 spiro atoms. The average molecular weight is 346 g/mol. The first-order valence-corrected chi connectivity index (χ1v) is 7.17. The van der Waals surface area contributed by atoms with Crippen molar-refractivity contribution in [2.24, 2.45) is 0 Å². The Bertz CT molecular complexity index is 450. The second kappa shape index (κ2) is 7.44. The number of benzene rings is 1. The first-order chi connectivity index (χ1) is 8.88. The van der Waals surface area contributed by atoms with E-state index in [9.17, 15) is 9.90 Å². The number of halogens is 4. The van der Waals surface area contributed by atoms with Crippen LogP contribution in [-0.2, 0) is 4.74 Å². The van der Waals surface area contributed by atoms with Gasteiger partial charge in [0.15, 0.2) is 5.56 Å². The molecule has 0 fully saturated rings. The third-order valence-corrected chi connectivity index (χ3v) is 3.75. The van der Waals surface area contributed by atoms with Crippen molar-refractivity contribution in [3.05, 3.63) is 26.7 Å². The van der Waals surface area contributed by atoms with Gasteiger partial charge in [-0.1, -0.05) is 59.7 Å². The van der Waals surface area contributed by atoms with E-state index < -0.39 is 17.3 Å². The van der Waals surface area contributed by atoms with E-state index in [4.69, 9.17) is 51.1 Å². The highest BCUT2D eigenvalue weighted by molar-refractivity contribution is 6.45. The molecule has 1 unspecified atom stereocenters. The van der Waals surface area contributed by atoms with E-state index in [1.807, 2.05) is 6.92 Å². The van der Waals surface area contributed by atoms with Crippen LogP contribution in [0.15, 0.2) is 6.07 Å². The lowest BCUT2D eigenvalue weighted by molar-refractivity contribution is 0.0431. The minimum atomic E-state index is -0.858. The van der Waals surface area contributed by atoms with Crippen molar-refractivity contribution >= 4 is 52.4 Å². The van der Waals surface area contributed by atoms with Crippen molar-refractivity contribution in [2.75, 3.05) is 0 Å². The van der Waals surface area contributed by atoms with Gasteiger partial charge in [0, 0.05) is 0 Å². The van der Waals surface area contributed by atoms with Crippen molar-refractivity contribution in [3.8, 4) is 5.75 Å². The van der Waals surface area contributed by atoms with Gasteiger partial charge < -0.3 is 9.84 Å². The SMILES string of the molecule is CCCCC(Cl)OC(=O)c1c(O)c(Cl)cc(Cl)c1Cl. The van der Waals surface area contributed by atoms with Crippen LogP contribution in [-0.4, -0.2) is 16.6 Å². The molecule has 0 aliphatic carbocycles. The number of rotatable bonds is 5. The first-order valence-electron chi connectivity index (χ1n) is 5.60. The quantitative estimate of drug-likeness (QED) is 0.449. The molecule has 0 bridgehead atoms. The Kier molecular flexibility index (Phi) is 6.54. The molecule has 106 valence electrons. The van der Waals surface area contributed by atoms with Crippen LogP contribution < -0.4 is 0 Å². The number of alkyl halides is 1. The number of phenolic OH excluding ortho intramolecular Hbond substituents is 1. The third kappa shape index (κ3) is 4.32. The van der Waals surface area contributed by atoms with Crippen molar-refractivity contribution in [1.82, 2.24) is 0 Å². The van der Waals surface area contributed by atoms with Crippen LogP contribution in [0.25, 0.3) is 0 Å². The number of esters is 1. The van der Waals surface area contributed by atoms with Crippen LogP contribution >= 0.6 is 46.4 Å². The summed E-state index contributed by atoms with van der Waals surface area (Å²) in [7, 11) is 0. The Morgan fingerprint density at radius 3 is 2.58 bits per heavy atom. The first kappa shape index (κ1) is 16.7. The molecule has 19 heavy (non-hydrogen) atoms. The average Bonchev–Trinajstić information content (AvgIpc) is 2.34. The van der Waals surface area contributed by atoms with Crippen LogP contribution in [0.3, 0.4) is 0 Å². The number of carbonyl (C=O) groups excluding carboxylic acids is 1. The molecule has 1 aromatic carbocycles. The molecule has 0 heterocycles. The number of aromatic hydroxyl groups is 1. The number of ether oxygens (including phenoxy) is 1. The smallest absolute Gasteiger partial charge is 0.345 e. The van der Waals surface area contributed by atoms with Crippen molar-refractivity contribution in [2.45, 2.75) is 31.7 Å². The summed E-state index contributed by atoms with van der Waals surface area (Å²) in [6.45, 7) is 1.99. The van der Waals surface area contributed by atoms with E-state index in [1.165, 1.54) is 6.07 Å². The number of hydrogen-bond acceptors (Lipinski definition) is 3. The molecule has 0 saturated carbocycles. The Balaban J connectivity index is 2.94. The summed E-state index contributed by atoms with van der Waals surface area (Å²) in [5, 5.41) is 9.60. The largest absolute Gasteiger partial charge is 0.505 e. The zero-order valence-electron chi connectivity index (χ0n) is 10.1. The molecule has 0 amide bonds. The molecule has 0 radical (unpaired) electrons. The van der Waals surface area contributed by atoms with Gasteiger partial charge in [-0.25, -0.2) is 4.79 Å². The second-order valence-electron chi connectivity index (χ2n) is 3.84. The van der Waals surface area contributed by atoms with Gasteiger partial charge in [-0.2, -0.15) is 0 Å². The zero-order valence-corrected chi connectivity index (χ0v) is 13.1. The lowest BCUT2D eigenvalue weighted by Gasteiger charge is -2.13. The number of phenols is 1. The molecule has 0 aliphatic rings. The standard InChI is InChI=1S/C12H12Cl4O3/c1-2-3-4-8(15)19-12(18)9-10(16)6(13)5-7(14)11(9)17/h5,8,17H,2-4H2,1H3. The molecular weight excluding hydrogens is 334 g/mol. The minimum Gasteiger partial charge on any atom is -0.505 e. The number of hydrogen-bond donors (Lipinski definition) is 1. The molecule has 3 nitrogen and oxygen atoms in total. The Morgan fingerprint density at radius 1 is 1.37 bits per heavy atom. The molecule has 0 aromatic heterocycles. The number of unbranched alkanes of at least 4 members (excludes halogenated alkanes) is 1. The van der Waals surface area contributed by atoms with Gasteiger partial charge in [0.1, 0.15) is 11.3 Å². The summed E-state index contributed by atoms with van der Waals surface area (Å²) in [5.41, 5.74) is -1.07. The predicted octanol–water partition coefficient (Wildman–Crippen LogP) is 5.26. The van der Waals surface area contributed by atoms with E-state index in [0.29, 0.717) is 6.42 Å². The summed E-state index contributed by atoms with van der Waals surface area (Å²) < 4.78 is 4.97. The normalized spacial score (nSPS) is 12.3. The molecule has 7 heteroatoms. The topological polar surface area (TPSA) is 46.5 Å². The highest BCUT2D eigenvalue weighted by atomic mass is 35.5. The minimum absolute atomic E-state index is 0.0519. The molecule has 0 aliphatic heterocycles. The Hall–Kier alpha value is -0.350. The monoisotopic (exact) mass is 344 g/mol. The van der Waals surface area contributed by atoms with E-state index in [0.717, 1.165) is 12.8 Å². The Morgan fingerprint density at radius 2 is 2.00 bits per heavy atom. The van der Waals surface area contributed by atoms with Gasteiger partial charge in [-0.3, -0.25) is 0 Å². The molecule has 1 aromatic rings. The van der Waals surface area contributed by atoms with Crippen molar-refractivity contribution in [1.29, 1.82) is 0 Å². The fourth-order valence-corrected chi connectivity index (χ4v) is 2.29. The number of carbonyl (C=O) groups is 1. The summed E-state index contributed by atoms with van der Waals surface area (Å²) in [6, 6.07) is 1.24. The van der Waals surface area contributed by atoms with Crippen LogP contribution in [0.2, 0.25) is 15.1 Å². The van der Waals surface area contributed by atoms with Crippen LogP contribution in [0.4, 0.5) is 0 Å². The van der Waals surface area contributed by atoms with Crippen molar-refractivity contribution < 1.29 is 14.6 Å². The summed E-state index contributed by atoms with van der Waals surface area (Å²) in [5.74, 6) is -1.33. The van der Waals surface area contributed by atoms with Crippen LogP contribution in [0.5, 0.6) is 5.75 Å². The maximum Gasteiger partial charge on any atom is 0.345 e. The van der Waals surface area contributed by atoms with E-state index in [2.05, 4.69) is 0 Å². The fourth-order valence-electron chi connectivity index (χ4n) is 1.37. The Labute approximate surface area is 131 Å². The third-order valence-electron chi connectivity index (χ3n) is 2.37. The van der Waals surface area contributed by atoms with E-state index in [-0.39, 0.29) is 20.6 Å². The lowest BCUT2D eigenvalue weighted by Crippen LogP contribution is -2.13. The fraction of sp³-hybridized carbons (Fsp3) is 0.417. The van der Waals surface area contributed by atoms with Gasteiger partial charge in [-0.05, 0) is 18.9 Å². The summed E-state index contributed by atoms with van der Waals surface area (Å²) in [6.07, 6.45) is 2.25. The molecular formula is C12H12Cl4O3. The van der Waals surface area contributed by atoms with Crippen LogP contribution in [0.1, 0.15) is 36.5 Å². The highest BCUT2D eigenvalue weighted by Gasteiger charge is 2.24. The van der Waals surface area contributed by atoms with Gasteiger partial charge in [0.2, 0.25) is 0 Å². The predicted molar refractivity (Wildman–Crippen MR) is 77.7 cm³/mol. The van der Waals surface area contributed by atoms with Crippen molar-refractivity contribution in [3.63, 3.8) is 0 Å². The lowest BCUT2D eigenvalue weighted by atomic mass is 10.2.